The van der Waals surface area contributed by atoms with Crippen molar-refractivity contribution in [1.29, 1.82) is 0 Å². The molecule has 4 saturated carbocycles. The molecule has 0 aliphatic heterocycles. The SMILES string of the molecule is CC1C2CC3CC1CC(NC(=O)OC(C)(C)C)(C3)C2. The Kier molecular flexibility index (Phi) is 2.88. The number of rotatable bonds is 1. The van der Waals surface area contributed by atoms with Crippen LogP contribution in [-0.4, -0.2) is 17.2 Å². The van der Waals surface area contributed by atoms with Crippen molar-refractivity contribution in [1.82, 2.24) is 5.32 Å². The van der Waals surface area contributed by atoms with E-state index in [4.69, 9.17) is 4.74 Å². The first kappa shape index (κ1) is 13.3. The van der Waals surface area contributed by atoms with Gasteiger partial charge in [-0.2, -0.15) is 0 Å². The second-order valence-electron chi connectivity index (χ2n) is 8.24. The molecule has 4 fully saturated rings. The minimum absolute atomic E-state index is 0.0470. The lowest BCUT2D eigenvalue weighted by atomic mass is 9.49. The summed E-state index contributed by atoms with van der Waals surface area (Å²) in [4.78, 5) is 12.1. The lowest BCUT2D eigenvalue weighted by Crippen LogP contribution is -2.62. The second-order valence-corrected chi connectivity index (χ2v) is 8.24. The highest BCUT2D eigenvalue weighted by Gasteiger charge is 2.54. The molecule has 2 atom stereocenters. The van der Waals surface area contributed by atoms with Crippen molar-refractivity contribution in [3.63, 3.8) is 0 Å². The van der Waals surface area contributed by atoms with Crippen LogP contribution in [0, 0.1) is 23.7 Å². The van der Waals surface area contributed by atoms with E-state index in [0.717, 1.165) is 23.7 Å². The minimum Gasteiger partial charge on any atom is -0.444 e. The van der Waals surface area contributed by atoms with Gasteiger partial charge >= 0.3 is 6.09 Å². The molecule has 0 aromatic rings. The molecule has 19 heavy (non-hydrogen) atoms. The number of carbonyl (C=O) groups excluding carboxylic acids is 1. The number of ether oxygens (including phenoxy) is 1. The van der Waals surface area contributed by atoms with Crippen LogP contribution in [0.1, 0.15) is 59.8 Å². The van der Waals surface area contributed by atoms with Crippen LogP contribution in [0.4, 0.5) is 4.79 Å². The van der Waals surface area contributed by atoms with Gasteiger partial charge in [0.25, 0.3) is 0 Å². The molecular formula is C16H27NO2. The fourth-order valence-electron chi connectivity index (χ4n) is 4.95. The summed E-state index contributed by atoms with van der Waals surface area (Å²) in [5.41, 5.74) is -0.356. The molecule has 0 aromatic heterocycles. The van der Waals surface area contributed by atoms with E-state index >= 15 is 0 Å². The smallest absolute Gasteiger partial charge is 0.408 e. The fourth-order valence-corrected chi connectivity index (χ4v) is 4.95. The van der Waals surface area contributed by atoms with Crippen molar-refractivity contribution < 1.29 is 9.53 Å². The summed E-state index contributed by atoms with van der Waals surface area (Å²) in [7, 11) is 0. The molecule has 2 unspecified atom stereocenters. The van der Waals surface area contributed by atoms with Gasteiger partial charge in [-0.1, -0.05) is 6.92 Å². The highest BCUT2D eigenvalue weighted by Crippen LogP contribution is 2.58. The van der Waals surface area contributed by atoms with E-state index in [-0.39, 0.29) is 11.6 Å². The number of carbonyl (C=O) groups is 1. The zero-order valence-corrected chi connectivity index (χ0v) is 12.7. The summed E-state index contributed by atoms with van der Waals surface area (Å²) in [6, 6.07) is 0. The van der Waals surface area contributed by atoms with Gasteiger partial charge in [0.1, 0.15) is 5.60 Å². The molecule has 0 heterocycles. The first-order valence-corrected chi connectivity index (χ1v) is 7.77. The summed E-state index contributed by atoms with van der Waals surface area (Å²) in [5, 5.41) is 3.24. The van der Waals surface area contributed by atoms with Crippen molar-refractivity contribution in [2.45, 2.75) is 70.9 Å². The monoisotopic (exact) mass is 265 g/mol. The Morgan fingerprint density at radius 2 is 1.74 bits per heavy atom. The number of hydrogen-bond acceptors (Lipinski definition) is 2. The lowest BCUT2D eigenvalue weighted by Gasteiger charge is -2.59. The molecule has 1 amide bonds. The first-order chi connectivity index (χ1) is 8.76. The van der Waals surface area contributed by atoms with E-state index in [1.54, 1.807) is 0 Å². The maximum Gasteiger partial charge on any atom is 0.408 e. The van der Waals surface area contributed by atoms with E-state index in [2.05, 4.69) is 12.2 Å². The van der Waals surface area contributed by atoms with E-state index in [1.807, 2.05) is 20.8 Å². The van der Waals surface area contributed by atoms with Gasteiger partial charge in [-0.05, 0) is 76.5 Å². The van der Waals surface area contributed by atoms with Crippen LogP contribution >= 0.6 is 0 Å². The quantitative estimate of drug-likeness (QED) is 0.784. The van der Waals surface area contributed by atoms with Crippen LogP contribution in [0.15, 0.2) is 0 Å². The first-order valence-electron chi connectivity index (χ1n) is 7.77. The summed E-state index contributed by atoms with van der Waals surface area (Å²) in [5.74, 6) is 3.33. The Labute approximate surface area is 116 Å². The number of amides is 1. The fraction of sp³-hybridized carbons (Fsp3) is 0.938. The number of nitrogens with one attached hydrogen (secondary N) is 1. The van der Waals surface area contributed by atoms with E-state index in [9.17, 15) is 4.79 Å². The summed E-state index contributed by atoms with van der Waals surface area (Å²) in [6.45, 7) is 8.19. The molecule has 0 aromatic carbocycles. The summed E-state index contributed by atoms with van der Waals surface area (Å²) < 4.78 is 5.45. The van der Waals surface area contributed by atoms with Crippen molar-refractivity contribution in [3.8, 4) is 0 Å². The molecule has 0 saturated heterocycles. The number of hydrogen-bond donors (Lipinski definition) is 1. The third-order valence-corrected chi connectivity index (χ3v) is 5.51. The Balaban J connectivity index is 1.70. The van der Waals surface area contributed by atoms with Gasteiger partial charge < -0.3 is 10.1 Å². The van der Waals surface area contributed by atoms with Gasteiger partial charge in [-0.3, -0.25) is 0 Å². The average molecular weight is 265 g/mol. The Hall–Kier alpha value is -0.730. The lowest BCUT2D eigenvalue weighted by molar-refractivity contribution is -0.0616. The maximum absolute atomic E-state index is 12.1. The minimum atomic E-state index is -0.403. The van der Waals surface area contributed by atoms with E-state index < -0.39 is 5.60 Å². The van der Waals surface area contributed by atoms with Crippen molar-refractivity contribution in [2.24, 2.45) is 23.7 Å². The van der Waals surface area contributed by atoms with Crippen molar-refractivity contribution in [2.75, 3.05) is 0 Å². The highest BCUT2D eigenvalue weighted by molar-refractivity contribution is 5.69. The van der Waals surface area contributed by atoms with Crippen molar-refractivity contribution >= 4 is 6.09 Å². The molecule has 4 aliphatic rings. The van der Waals surface area contributed by atoms with Gasteiger partial charge in [0.15, 0.2) is 0 Å². The van der Waals surface area contributed by atoms with Crippen LogP contribution < -0.4 is 5.32 Å². The molecule has 4 aliphatic carbocycles. The molecule has 108 valence electrons. The standard InChI is InChI=1S/C16H27NO2/c1-10-12-5-11-6-13(10)9-16(7-11,8-12)17-14(18)19-15(2,3)4/h10-13H,5-9H2,1-4H3,(H,17,18). The Bertz CT molecular complexity index is 369. The van der Waals surface area contributed by atoms with E-state index in [1.165, 1.54) is 32.1 Å². The zero-order chi connectivity index (χ0) is 13.8. The van der Waals surface area contributed by atoms with Crippen LogP contribution in [0.5, 0.6) is 0 Å². The molecule has 0 radical (unpaired) electrons. The molecule has 0 spiro atoms. The third-order valence-electron chi connectivity index (χ3n) is 5.51. The Morgan fingerprint density at radius 3 is 2.26 bits per heavy atom. The van der Waals surface area contributed by atoms with E-state index in [0.29, 0.717) is 0 Å². The maximum atomic E-state index is 12.1. The predicted molar refractivity (Wildman–Crippen MR) is 74.8 cm³/mol. The number of alkyl carbamates (subject to hydrolysis) is 1. The van der Waals surface area contributed by atoms with Gasteiger partial charge in [0.2, 0.25) is 0 Å². The summed E-state index contributed by atoms with van der Waals surface area (Å²) in [6.07, 6.45) is 6.06. The molecular weight excluding hydrogens is 238 g/mol. The highest BCUT2D eigenvalue weighted by atomic mass is 16.6. The third kappa shape index (κ3) is 2.48. The molecule has 3 nitrogen and oxygen atoms in total. The Morgan fingerprint density at radius 1 is 1.16 bits per heavy atom. The van der Waals surface area contributed by atoms with Gasteiger partial charge in [0.05, 0.1) is 0 Å². The molecule has 4 rings (SSSR count). The van der Waals surface area contributed by atoms with Crippen LogP contribution in [0.3, 0.4) is 0 Å². The summed E-state index contributed by atoms with van der Waals surface area (Å²) >= 11 is 0. The van der Waals surface area contributed by atoms with Gasteiger partial charge in [-0.15, -0.1) is 0 Å². The molecule has 1 N–H and O–H groups in total. The van der Waals surface area contributed by atoms with Crippen LogP contribution in [0.25, 0.3) is 0 Å². The molecule has 4 bridgehead atoms. The average Bonchev–Trinajstić information content (AvgIpc) is 2.20. The molecule has 3 heteroatoms. The van der Waals surface area contributed by atoms with Crippen LogP contribution in [0.2, 0.25) is 0 Å². The second kappa shape index (κ2) is 4.13. The topological polar surface area (TPSA) is 38.3 Å². The van der Waals surface area contributed by atoms with Crippen LogP contribution in [-0.2, 0) is 4.74 Å². The van der Waals surface area contributed by atoms with Gasteiger partial charge in [-0.25, -0.2) is 4.79 Å². The normalized spacial score (nSPS) is 44.2. The predicted octanol–water partition coefficient (Wildman–Crippen LogP) is 3.73. The van der Waals surface area contributed by atoms with Gasteiger partial charge in [0, 0.05) is 5.54 Å². The van der Waals surface area contributed by atoms with Crippen molar-refractivity contribution in [3.05, 3.63) is 0 Å². The zero-order valence-electron chi connectivity index (χ0n) is 12.7. The largest absolute Gasteiger partial charge is 0.444 e.